The van der Waals surface area contributed by atoms with Gasteiger partial charge in [-0.25, -0.2) is 4.79 Å². The minimum atomic E-state index is -0.483. The van der Waals surface area contributed by atoms with Crippen LogP contribution in [-0.4, -0.2) is 35.1 Å². The molecule has 0 aliphatic heterocycles. The molecule has 1 N–H and O–H groups in total. The Morgan fingerprint density at radius 2 is 2.05 bits per heavy atom. The van der Waals surface area contributed by atoms with E-state index in [1.165, 1.54) is 11.1 Å². The van der Waals surface area contributed by atoms with Gasteiger partial charge in [0.15, 0.2) is 5.69 Å². The third kappa shape index (κ3) is 2.37. The monoisotopic (exact) mass is 287 g/mol. The SMILES string of the molecule is CCOC(=O)c1n[nH]nc1-c1cc2c(cc1OC)CCC2. The number of rotatable bonds is 4. The summed E-state index contributed by atoms with van der Waals surface area (Å²) in [5, 5.41) is 10.5. The van der Waals surface area contributed by atoms with Crippen LogP contribution in [0.2, 0.25) is 0 Å². The first-order valence-corrected chi connectivity index (χ1v) is 7.02. The summed E-state index contributed by atoms with van der Waals surface area (Å²) in [7, 11) is 1.62. The van der Waals surface area contributed by atoms with Crippen molar-refractivity contribution in [2.45, 2.75) is 26.2 Å². The Kier molecular flexibility index (Phi) is 3.60. The highest BCUT2D eigenvalue weighted by molar-refractivity contribution is 5.94. The van der Waals surface area contributed by atoms with Crippen molar-refractivity contribution < 1.29 is 14.3 Å². The van der Waals surface area contributed by atoms with Gasteiger partial charge in [-0.05, 0) is 49.4 Å². The number of nitrogens with zero attached hydrogens (tertiary/aromatic N) is 2. The van der Waals surface area contributed by atoms with E-state index in [-0.39, 0.29) is 5.69 Å². The highest BCUT2D eigenvalue weighted by Gasteiger charge is 2.24. The molecule has 0 atom stereocenters. The van der Waals surface area contributed by atoms with Crippen LogP contribution in [0.5, 0.6) is 5.75 Å². The Morgan fingerprint density at radius 3 is 2.76 bits per heavy atom. The van der Waals surface area contributed by atoms with Crippen molar-refractivity contribution in [1.82, 2.24) is 15.4 Å². The quantitative estimate of drug-likeness (QED) is 0.872. The minimum Gasteiger partial charge on any atom is -0.496 e. The molecule has 1 heterocycles. The van der Waals surface area contributed by atoms with Crippen molar-refractivity contribution in [3.8, 4) is 17.0 Å². The molecule has 2 aromatic rings. The number of fused-ring (bicyclic) bond motifs is 1. The topological polar surface area (TPSA) is 77.1 Å². The number of esters is 1. The number of H-pyrrole nitrogens is 1. The molecule has 6 heteroatoms. The number of nitrogens with one attached hydrogen (secondary N) is 1. The van der Waals surface area contributed by atoms with E-state index in [1.807, 2.05) is 12.1 Å². The third-order valence-electron chi connectivity index (χ3n) is 3.69. The normalized spacial score (nSPS) is 13.0. The molecular formula is C15H17N3O3. The summed E-state index contributed by atoms with van der Waals surface area (Å²) in [6.07, 6.45) is 3.25. The lowest BCUT2D eigenvalue weighted by Crippen LogP contribution is -2.07. The van der Waals surface area contributed by atoms with Crippen molar-refractivity contribution in [3.05, 3.63) is 29.0 Å². The first-order valence-electron chi connectivity index (χ1n) is 7.02. The zero-order chi connectivity index (χ0) is 14.8. The number of aromatic nitrogens is 3. The molecular weight excluding hydrogens is 270 g/mol. The van der Waals surface area contributed by atoms with E-state index in [4.69, 9.17) is 9.47 Å². The summed E-state index contributed by atoms with van der Waals surface area (Å²) in [6, 6.07) is 4.07. The van der Waals surface area contributed by atoms with Gasteiger partial charge in [0.1, 0.15) is 11.4 Å². The molecule has 1 aliphatic carbocycles. The smallest absolute Gasteiger partial charge is 0.361 e. The average Bonchev–Trinajstić information content (AvgIpc) is 3.14. The first-order chi connectivity index (χ1) is 10.2. The van der Waals surface area contributed by atoms with Crippen molar-refractivity contribution in [3.63, 3.8) is 0 Å². The molecule has 0 unspecified atom stereocenters. The second-order valence-corrected chi connectivity index (χ2v) is 4.92. The Labute approximate surface area is 122 Å². The van der Waals surface area contributed by atoms with Crippen LogP contribution < -0.4 is 4.74 Å². The fourth-order valence-electron chi connectivity index (χ4n) is 2.72. The van der Waals surface area contributed by atoms with Gasteiger partial charge in [-0.1, -0.05) is 0 Å². The van der Waals surface area contributed by atoms with Gasteiger partial charge in [0.05, 0.1) is 13.7 Å². The van der Waals surface area contributed by atoms with Gasteiger partial charge >= 0.3 is 5.97 Å². The first kappa shape index (κ1) is 13.6. The van der Waals surface area contributed by atoms with Crippen molar-refractivity contribution in [2.75, 3.05) is 13.7 Å². The lowest BCUT2D eigenvalue weighted by Gasteiger charge is -2.10. The maximum absolute atomic E-state index is 11.9. The summed E-state index contributed by atoms with van der Waals surface area (Å²) in [5.41, 5.74) is 4.02. The van der Waals surface area contributed by atoms with Crippen LogP contribution >= 0.6 is 0 Å². The maximum Gasteiger partial charge on any atom is 0.361 e. The Hall–Kier alpha value is -2.37. The third-order valence-corrected chi connectivity index (χ3v) is 3.69. The minimum absolute atomic E-state index is 0.188. The summed E-state index contributed by atoms with van der Waals surface area (Å²) >= 11 is 0. The Bertz CT molecular complexity index is 679. The lowest BCUT2D eigenvalue weighted by molar-refractivity contribution is 0.0520. The zero-order valence-corrected chi connectivity index (χ0v) is 12.1. The molecule has 0 saturated carbocycles. The Balaban J connectivity index is 2.09. The van der Waals surface area contributed by atoms with Crippen molar-refractivity contribution in [1.29, 1.82) is 0 Å². The summed E-state index contributed by atoms with van der Waals surface area (Å²) in [5.74, 6) is 0.221. The summed E-state index contributed by atoms with van der Waals surface area (Å²) in [4.78, 5) is 11.9. The van der Waals surface area contributed by atoms with E-state index in [2.05, 4.69) is 15.4 Å². The number of hydrogen-bond acceptors (Lipinski definition) is 5. The van der Waals surface area contributed by atoms with Crippen LogP contribution in [0.1, 0.15) is 35.0 Å². The predicted molar refractivity (Wildman–Crippen MR) is 76.4 cm³/mol. The number of hydrogen-bond donors (Lipinski definition) is 1. The summed E-state index contributed by atoms with van der Waals surface area (Å²) in [6.45, 7) is 2.06. The van der Waals surface area contributed by atoms with Crippen molar-refractivity contribution in [2.24, 2.45) is 0 Å². The lowest BCUT2D eigenvalue weighted by atomic mass is 10.0. The van der Waals surface area contributed by atoms with Gasteiger partial charge in [0.25, 0.3) is 0 Å². The van der Waals surface area contributed by atoms with E-state index in [0.717, 1.165) is 24.8 Å². The van der Waals surface area contributed by atoms with Crippen molar-refractivity contribution >= 4 is 5.97 Å². The maximum atomic E-state index is 11.9. The van der Waals surface area contributed by atoms with Gasteiger partial charge in [-0.3, -0.25) is 0 Å². The number of aryl methyl sites for hydroxylation is 2. The molecule has 21 heavy (non-hydrogen) atoms. The molecule has 1 aromatic heterocycles. The molecule has 6 nitrogen and oxygen atoms in total. The number of benzene rings is 1. The second kappa shape index (κ2) is 5.55. The standard InChI is InChI=1S/C15H17N3O3/c1-3-21-15(19)14-13(16-18-17-14)11-7-9-5-4-6-10(9)8-12(11)20-2/h7-8H,3-6H2,1-2H3,(H,16,17,18). The molecule has 0 radical (unpaired) electrons. The number of aromatic amines is 1. The van der Waals surface area contributed by atoms with Crippen LogP contribution in [0.3, 0.4) is 0 Å². The van der Waals surface area contributed by atoms with Gasteiger partial charge in [-0.2, -0.15) is 10.3 Å². The highest BCUT2D eigenvalue weighted by Crippen LogP contribution is 2.36. The molecule has 0 fully saturated rings. The number of carbonyl (C=O) groups is 1. The molecule has 3 rings (SSSR count). The number of ether oxygens (including phenoxy) is 2. The molecule has 110 valence electrons. The van der Waals surface area contributed by atoms with Crippen LogP contribution in [0.15, 0.2) is 12.1 Å². The molecule has 1 aliphatic rings. The van der Waals surface area contributed by atoms with Gasteiger partial charge in [-0.15, -0.1) is 5.10 Å². The van der Waals surface area contributed by atoms with Crippen LogP contribution in [0.4, 0.5) is 0 Å². The number of carbonyl (C=O) groups excluding carboxylic acids is 1. The van der Waals surface area contributed by atoms with E-state index < -0.39 is 5.97 Å². The molecule has 1 aromatic carbocycles. The Morgan fingerprint density at radius 1 is 1.29 bits per heavy atom. The van der Waals surface area contributed by atoms with Gasteiger partial charge < -0.3 is 9.47 Å². The average molecular weight is 287 g/mol. The van der Waals surface area contributed by atoms with E-state index in [9.17, 15) is 4.79 Å². The summed E-state index contributed by atoms with van der Waals surface area (Å²) < 4.78 is 10.5. The van der Waals surface area contributed by atoms with E-state index in [1.54, 1.807) is 14.0 Å². The van der Waals surface area contributed by atoms with Crippen LogP contribution in [0.25, 0.3) is 11.3 Å². The second-order valence-electron chi connectivity index (χ2n) is 4.92. The number of methoxy groups -OCH3 is 1. The molecule has 0 saturated heterocycles. The predicted octanol–water partition coefficient (Wildman–Crippen LogP) is 2.15. The van der Waals surface area contributed by atoms with E-state index >= 15 is 0 Å². The van der Waals surface area contributed by atoms with Gasteiger partial charge in [0, 0.05) is 5.56 Å². The van der Waals surface area contributed by atoms with Gasteiger partial charge in [0.2, 0.25) is 0 Å². The molecule has 0 amide bonds. The highest BCUT2D eigenvalue weighted by atomic mass is 16.5. The zero-order valence-electron chi connectivity index (χ0n) is 12.1. The fraction of sp³-hybridized carbons (Fsp3) is 0.400. The molecule has 0 spiro atoms. The fourth-order valence-corrected chi connectivity index (χ4v) is 2.72. The van der Waals surface area contributed by atoms with Crippen LogP contribution in [0, 0.1) is 0 Å². The van der Waals surface area contributed by atoms with Crippen LogP contribution in [-0.2, 0) is 17.6 Å². The largest absolute Gasteiger partial charge is 0.496 e. The van der Waals surface area contributed by atoms with E-state index in [0.29, 0.717) is 18.1 Å². The molecule has 0 bridgehead atoms.